The van der Waals surface area contributed by atoms with Crippen LogP contribution in [0.15, 0.2) is 59.9 Å². The number of benzene rings is 3. The number of aromatic nitrogens is 4. The summed E-state index contributed by atoms with van der Waals surface area (Å²) >= 11 is 0. The highest BCUT2D eigenvalue weighted by Crippen LogP contribution is 2.62. The molecule has 2 aromatic heterocycles. The van der Waals surface area contributed by atoms with E-state index in [-0.39, 0.29) is 41.6 Å². The number of amides is 4. The number of imidazole rings is 2. The van der Waals surface area contributed by atoms with Crippen molar-refractivity contribution >= 4 is 35.0 Å². The van der Waals surface area contributed by atoms with Crippen molar-refractivity contribution in [2.75, 3.05) is 20.8 Å². The lowest BCUT2D eigenvalue weighted by molar-refractivity contribution is -0.135. The number of piperidine rings is 1. The third kappa shape index (κ3) is 7.09. The van der Waals surface area contributed by atoms with Crippen LogP contribution in [-0.4, -0.2) is 86.6 Å². The Labute approximate surface area is 402 Å². The minimum Gasteiger partial charge on any atom is -0.453 e. The summed E-state index contributed by atoms with van der Waals surface area (Å²) in [5.41, 5.74) is 16.4. The average molecular weight is 931 g/mol. The Kier molecular flexibility index (Phi) is 10.6. The van der Waals surface area contributed by atoms with Crippen molar-refractivity contribution in [2.24, 2.45) is 11.8 Å². The summed E-state index contributed by atoms with van der Waals surface area (Å²) in [6.45, 7) is 8.15. The molecule has 0 radical (unpaired) electrons. The van der Waals surface area contributed by atoms with Gasteiger partial charge in [0.15, 0.2) is 0 Å². The fourth-order valence-corrected chi connectivity index (χ4v) is 13.9. The minimum absolute atomic E-state index is 0.100. The number of allylic oxidation sites excluding steroid dienone is 1. The third-order valence-electron chi connectivity index (χ3n) is 17.1. The van der Waals surface area contributed by atoms with Gasteiger partial charge < -0.3 is 34.6 Å². The molecule has 14 nitrogen and oxygen atoms in total. The number of aromatic amines is 2. The van der Waals surface area contributed by atoms with Crippen LogP contribution in [0.5, 0.6) is 0 Å². The van der Waals surface area contributed by atoms with E-state index in [1.807, 2.05) is 43.7 Å². The highest BCUT2D eigenvalue weighted by molar-refractivity contribution is 5.98. The van der Waals surface area contributed by atoms with Gasteiger partial charge in [0.2, 0.25) is 5.91 Å². The van der Waals surface area contributed by atoms with E-state index in [9.17, 15) is 19.2 Å². The molecular weight excluding hydrogens is 869 g/mol. The van der Waals surface area contributed by atoms with E-state index in [1.165, 1.54) is 103 Å². The topological polar surface area (TPSA) is 175 Å². The summed E-state index contributed by atoms with van der Waals surface area (Å²) in [5, 5.41) is 5.44. The molecule has 12 rings (SSSR count). The quantitative estimate of drug-likeness (QED) is 0.100. The van der Waals surface area contributed by atoms with Crippen molar-refractivity contribution in [1.29, 1.82) is 0 Å². The van der Waals surface area contributed by atoms with Crippen LogP contribution >= 0.6 is 0 Å². The van der Waals surface area contributed by atoms with Crippen molar-refractivity contribution in [3.8, 4) is 33.5 Å². The summed E-state index contributed by atoms with van der Waals surface area (Å²) in [6.07, 6.45) is 11.4. The number of ether oxygens (including phenoxy) is 2. The van der Waals surface area contributed by atoms with Gasteiger partial charge in [0.05, 0.1) is 49.2 Å². The Bertz CT molecular complexity index is 3000. The normalized spacial score (nSPS) is 26.0. The highest BCUT2D eigenvalue weighted by atomic mass is 16.5. The first kappa shape index (κ1) is 43.8. The lowest BCUT2D eigenvalue weighted by atomic mass is 9.77. The monoisotopic (exact) mass is 930 g/mol. The Hall–Kier alpha value is -6.44. The Balaban J connectivity index is 0.859. The van der Waals surface area contributed by atoms with Crippen LogP contribution in [0.3, 0.4) is 0 Å². The van der Waals surface area contributed by atoms with Gasteiger partial charge in [0.1, 0.15) is 23.4 Å². The van der Waals surface area contributed by atoms with Gasteiger partial charge in [-0.1, -0.05) is 44.2 Å². The van der Waals surface area contributed by atoms with Crippen molar-refractivity contribution < 1.29 is 28.7 Å². The molecule has 9 atom stereocenters. The minimum atomic E-state index is -0.682. The van der Waals surface area contributed by atoms with Gasteiger partial charge in [-0.25, -0.2) is 19.6 Å². The van der Waals surface area contributed by atoms with Crippen molar-refractivity contribution in [2.45, 2.75) is 140 Å². The predicted octanol–water partition coefficient (Wildman–Crippen LogP) is 10.4. The fourth-order valence-electron chi connectivity index (χ4n) is 13.9. The number of fused-ring (bicyclic) bond motifs is 12. The first-order valence-corrected chi connectivity index (χ1v) is 25.3. The van der Waals surface area contributed by atoms with Crippen molar-refractivity contribution in [1.82, 2.24) is 40.4 Å². The van der Waals surface area contributed by atoms with E-state index < -0.39 is 18.2 Å². The Morgan fingerprint density at radius 1 is 0.725 bits per heavy atom. The molecule has 0 spiro atoms. The van der Waals surface area contributed by atoms with Gasteiger partial charge in [-0.15, -0.1) is 0 Å². The number of hydrogen-bond acceptors (Lipinski definition) is 8. The molecule has 4 amide bonds. The summed E-state index contributed by atoms with van der Waals surface area (Å²) in [5.74, 6) is 3.71. The predicted molar refractivity (Wildman–Crippen MR) is 261 cm³/mol. The molecule has 4 bridgehead atoms. The van der Waals surface area contributed by atoms with Crippen molar-refractivity contribution in [3.05, 3.63) is 93.8 Å². The molecule has 7 aliphatic rings. The molecule has 14 heteroatoms. The van der Waals surface area contributed by atoms with Gasteiger partial charge in [0, 0.05) is 18.2 Å². The molecule has 4 N–H and O–H groups in total. The van der Waals surface area contributed by atoms with E-state index in [4.69, 9.17) is 19.4 Å². The summed E-state index contributed by atoms with van der Waals surface area (Å²) < 4.78 is 9.70. The lowest BCUT2D eigenvalue weighted by Gasteiger charge is -2.30. The summed E-state index contributed by atoms with van der Waals surface area (Å²) in [7, 11) is 2.62. The zero-order valence-corrected chi connectivity index (χ0v) is 40.4. The highest BCUT2D eigenvalue weighted by Gasteiger charge is 2.56. The largest absolute Gasteiger partial charge is 0.453 e. The van der Waals surface area contributed by atoms with Crippen LogP contribution in [-0.2, 0) is 19.1 Å². The first-order valence-electron chi connectivity index (χ1n) is 25.3. The Morgan fingerprint density at radius 2 is 1.36 bits per heavy atom. The van der Waals surface area contributed by atoms with Crippen LogP contribution in [0.25, 0.3) is 44.5 Å². The Morgan fingerprint density at radius 3 is 2.01 bits per heavy atom. The number of carbonyl (C=O) groups is 4. The molecule has 3 aromatic carbocycles. The summed E-state index contributed by atoms with van der Waals surface area (Å²) in [4.78, 5) is 73.6. The molecular formula is C55H62N8O6. The van der Waals surface area contributed by atoms with Crippen LogP contribution in [0.4, 0.5) is 9.59 Å². The van der Waals surface area contributed by atoms with Crippen LogP contribution < -0.4 is 10.6 Å². The van der Waals surface area contributed by atoms with Crippen LogP contribution in [0, 0.1) is 11.8 Å². The van der Waals surface area contributed by atoms with E-state index in [2.05, 4.69) is 63.1 Å². The number of methoxy groups -OCH3 is 2. The van der Waals surface area contributed by atoms with Gasteiger partial charge >= 0.3 is 12.2 Å². The van der Waals surface area contributed by atoms with Gasteiger partial charge in [0.25, 0.3) is 5.91 Å². The lowest BCUT2D eigenvalue weighted by Crippen LogP contribution is -2.51. The van der Waals surface area contributed by atoms with Crippen LogP contribution in [0.2, 0.25) is 0 Å². The molecule has 3 saturated carbocycles. The molecule has 5 fully saturated rings. The third-order valence-corrected chi connectivity index (χ3v) is 17.1. The average Bonchev–Trinajstić information content (AvgIpc) is 4.19. The molecule has 4 heterocycles. The number of carbonyl (C=O) groups excluding carboxylic acids is 4. The number of nitrogens with zero attached hydrogens (tertiary/aromatic N) is 4. The first-order chi connectivity index (χ1) is 33.4. The second kappa shape index (κ2) is 16.6. The van der Waals surface area contributed by atoms with Gasteiger partial charge in [-0.2, -0.15) is 0 Å². The number of H-pyrrole nitrogens is 2. The zero-order chi connectivity index (χ0) is 47.6. The number of nitrogens with one attached hydrogen (secondary N) is 4. The van der Waals surface area contributed by atoms with E-state index in [1.54, 1.807) is 0 Å². The number of likely N-dealkylation sites (tertiary alicyclic amines) is 2. The SMILES string of the molecule is COC(=O)NC(C(=O)N1C2CC2C[C@H]1c1nc2ccc(-c3ccc(-c4ccc(-c5cnc([C@@H]6CCCN6C(=O)[C@@H](NC(=O)OC)C(C)C)[nH]5)c5c4C4CCC5C4)c4c3C3CCC4C3)cc2[nH]1)=C(C)C. The fraction of sp³-hybridized carbons (Fsp3) is 0.491. The van der Waals surface area contributed by atoms with Gasteiger partial charge in [-0.3, -0.25) is 14.9 Å². The maximum absolute atomic E-state index is 14.1. The van der Waals surface area contributed by atoms with Crippen LogP contribution in [0.1, 0.15) is 162 Å². The zero-order valence-electron chi connectivity index (χ0n) is 40.4. The standard InChI is InChI=1S/C55H62N8O6/c1-26(2)48(60-54(66)68-5)52(64)62-19-7-8-41(62)50-56-25-40(59-50)37-17-16-36(46-31-11-12-32(21-31)47(37)46)35-15-14-34(44-29-9-10-30(20-29)45(35)44)28-13-18-38-39(22-28)58-51(57-38)43-24-33-23-42(33)63(43)53(65)49(27(3)4)61-55(67)69-6/h13-18,22,25-26,29-33,41-43,48H,7-12,19-21,23-24H2,1-6H3,(H,56,59)(H,57,58)(H,60,66)(H,61,67)/t29?,30?,31?,32?,33?,41-,42?,43-,48-/m0/s1. The second-order valence-electron chi connectivity index (χ2n) is 21.5. The second-order valence-corrected chi connectivity index (χ2v) is 21.5. The number of rotatable bonds is 10. The van der Waals surface area contributed by atoms with E-state index >= 15 is 0 Å². The van der Waals surface area contributed by atoms with Crippen molar-refractivity contribution in [3.63, 3.8) is 0 Å². The van der Waals surface area contributed by atoms with Gasteiger partial charge in [-0.05, 0) is 176 Å². The number of hydrogen-bond donors (Lipinski definition) is 4. The molecule has 2 aliphatic heterocycles. The molecule has 69 heavy (non-hydrogen) atoms. The molecule has 2 saturated heterocycles. The molecule has 6 unspecified atom stereocenters. The molecule has 5 aliphatic carbocycles. The molecule has 5 aromatic rings. The molecule has 358 valence electrons. The van der Waals surface area contributed by atoms with E-state index in [0.717, 1.165) is 59.6 Å². The van der Waals surface area contributed by atoms with E-state index in [0.29, 0.717) is 36.1 Å². The summed E-state index contributed by atoms with van der Waals surface area (Å²) in [6, 6.07) is 15.1. The smallest absolute Gasteiger partial charge is 0.411 e. The maximum atomic E-state index is 14.1. The number of alkyl carbamates (subject to hydrolysis) is 2. The maximum Gasteiger partial charge on any atom is 0.411 e.